The molecule has 19 heavy (non-hydrogen) atoms. The van der Waals surface area contributed by atoms with E-state index in [0.717, 1.165) is 17.9 Å². The summed E-state index contributed by atoms with van der Waals surface area (Å²) in [7, 11) is 0. The van der Waals surface area contributed by atoms with E-state index in [1.54, 1.807) is 0 Å². The Labute approximate surface area is 114 Å². The molecule has 0 atom stereocenters. The quantitative estimate of drug-likeness (QED) is 0.829. The van der Waals surface area contributed by atoms with Crippen molar-refractivity contribution in [1.82, 2.24) is 0 Å². The van der Waals surface area contributed by atoms with Gasteiger partial charge >= 0.3 is 0 Å². The highest BCUT2D eigenvalue weighted by Crippen LogP contribution is 2.19. The lowest BCUT2D eigenvalue weighted by Crippen LogP contribution is -2.10. The Hall–Kier alpha value is -2.00. The molecule has 0 bridgehead atoms. The summed E-state index contributed by atoms with van der Waals surface area (Å²) in [6.07, 6.45) is 0.898. The van der Waals surface area contributed by atoms with Gasteiger partial charge in [0.25, 0.3) is 0 Å². The van der Waals surface area contributed by atoms with Gasteiger partial charge in [-0.05, 0) is 17.7 Å². The highest BCUT2D eigenvalue weighted by Gasteiger charge is 1.98. The molecule has 3 nitrogen and oxygen atoms in total. The molecule has 0 radical (unpaired) electrons. The van der Waals surface area contributed by atoms with Gasteiger partial charge in [-0.15, -0.1) is 0 Å². The zero-order valence-corrected chi connectivity index (χ0v) is 10.9. The predicted molar refractivity (Wildman–Crippen MR) is 76.6 cm³/mol. The van der Waals surface area contributed by atoms with Crippen molar-refractivity contribution >= 4 is 0 Å². The van der Waals surface area contributed by atoms with Crippen molar-refractivity contribution < 1.29 is 9.47 Å². The average molecular weight is 257 g/mol. The van der Waals surface area contributed by atoms with E-state index in [2.05, 4.69) is 12.1 Å². The molecule has 100 valence electrons. The Morgan fingerprint density at radius 2 is 1.47 bits per heavy atom. The van der Waals surface area contributed by atoms with Crippen LogP contribution >= 0.6 is 0 Å². The van der Waals surface area contributed by atoms with Gasteiger partial charge in [0.15, 0.2) is 0 Å². The highest BCUT2D eigenvalue weighted by molar-refractivity contribution is 5.33. The van der Waals surface area contributed by atoms with E-state index < -0.39 is 0 Å². The van der Waals surface area contributed by atoms with E-state index in [4.69, 9.17) is 15.2 Å². The van der Waals surface area contributed by atoms with Crippen LogP contribution < -0.4 is 15.2 Å². The van der Waals surface area contributed by atoms with Crippen LogP contribution in [0.4, 0.5) is 0 Å². The molecule has 0 saturated carbocycles. The summed E-state index contributed by atoms with van der Waals surface area (Å²) in [5, 5.41) is 0. The molecule has 2 aromatic rings. The second kappa shape index (κ2) is 7.44. The number of ether oxygens (including phenoxy) is 2. The van der Waals surface area contributed by atoms with E-state index in [1.807, 2.05) is 42.5 Å². The fourth-order valence-electron chi connectivity index (χ4n) is 1.76. The van der Waals surface area contributed by atoms with Crippen molar-refractivity contribution in [3.05, 3.63) is 60.2 Å². The molecule has 0 heterocycles. The predicted octanol–water partition coefficient (Wildman–Crippen LogP) is 2.65. The van der Waals surface area contributed by atoms with Gasteiger partial charge in [0.2, 0.25) is 0 Å². The number of hydrogen-bond acceptors (Lipinski definition) is 3. The smallest absolute Gasteiger partial charge is 0.123 e. The minimum Gasteiger partial charge on any atom is -0.493 e. The average Bonchev–Trinajstić information content (AvgIpc) is 2.47. The van der Waals surface area contributed by atoms with Crippen molar-refractivity contribution in [2.24, 2.45) is 5.73 Å². The maximum atomic E-state index is 5.72. The molecule has 0 fully saturated rings. The number of hydrogen-bond donors (Lipinski definition) is 1. The van der Waals surface area contributed by atoms with Crippen LogP contribution in [0.5, 0.6) is 11.5 Å². The fraction of sp³-hybridized carbons (Fsp3) is 0.250. The Balaban J connectivity index is 1.82. The van der Waals surface area contributed by atoms with Crippen molar-refractivity contribution in [2.75, 3.05) is 19.8 Å². The molecule has 0 spiro atoms. The first kappa shape index (κ1) is 13.4. The van der Waals surface area contributed by atoms with E-state index in [9.17, 15) is 0 Å². The van der Waals surface area contributed by atoms with Crippen molar-refractivity contribution in [3.8, 4) is 11.5 Å². The first-order valence-corrected chi connectivity index (χ1v) is 6.48. The second-order valence-electron chi connectivity index (χ2n) is 4.20. The topological polar surface area (TPSA) is 44.5 Å². The zero-order chi connectivity index (χ0) is 13.3. The van der Waals surface area contributed by atoms with Crippen molar-refractivity contribution in [3.63, 3.8) is 0 Å². The molecule has 0 aliphatic rings. The molecule has 0 amide bonds. The molecule has 2 rings (SSSR count). The monoisotopic (exact) mass is 257 g/mol. The van der Waals surface area contributed by atoms with Gasteiger partial charge in [-0.2, -0.15) is 0 Å². The SMILES string of the molecule is NCCOc1cccc(OCCc2ccccc2)c1. The first-order valence-electron chi connectivity index (χ1n) is 6.48. The number of benzene rings is 2. The van der Waals surface area contributed by atoms with Crippen LogP contribution in [0.15, 0.2) is 54.6 Å². The minimum absolute atomic E-state index is 0.513. The molecule has 2 N–H and O–H groups in total. The number of nitrogens with two attached hydrogens (primary N) is 1. The largest absolute Gasteiger partial charge is 0.493 e. The second-order valence-corrected chi connectivity index (χ2v) is 4.20. The van der Waals surface area contributed by atoms with E-state index in [-0.39, 0.29) is 0 Å². The molecule has 0 aliphatic heterocycles. The lowest BCUT2D eigenvalue weighted by Gasteiger charge is -2.09. The Morgan fingerprint density at radius 3 is 2.16 bits per heavy atom. The minimum atomic E-state index is 0.513. The highest BCUT2D eigenvalue weighted by atomic mass is 16.5. The van der Waals surface area contributed by atoms with Crippen LogP contribution in [0.25, 0.3) is 0 Å². The van der Waals surface area contributed by atoms with E-state index in [0.29, 0.717) is 19.8 Å². The third-order valence-corrected chi connectivity index (χ3v) is 2.69. The third kappa shape index (κ3) is 4.64. The van der Waals surface area contributed by atoms with Gasteiger partial charge in [-0.25, -0.2) is 0 Å². The van der Waals surface area contributed by atoms with Crippen LogP contribution in [0.1, 0.15) is 5.56 Å². The molecule has 0 aliphatic carbocycles. The van der Waals surface area contributed by atoms with Gasteiger partial charge in [0.1, 0.15) is 18.1 Å². The Kier molecular flexibility index (Phi) is 5.26. The molecule has 3 heteroatoms. The van der Waals surface area contributed by atoms with Gasteiger partial charge in [-0.1, -0.05) is 36.4 Å². The van der Waals surface area contributed by atoms with Crippen molar-refractivity contribution in [2.45, 2.75) is 6.42 Å². The van der Waals surface area contributed by atoms with Crippen LogP contribution in [0.2, 0.25) is 0 Å². The summed E-state index contributed by atoms with van der Waals surface area (Å²) in [6, 6.07) is 17.9. The van der Waals surface area contributed by atoms with Crippen molar-refractivity contribution in [1.29, 1.82) is 0 Å². The summed E-state index contributed by atoms with van der Waals surface area (Å²) >= 11 is 0. The number of rotatable bonds is 7. The molecule has 0 saturated heterocycles. The Bertz CT molecular complexity index is 485. The summed E-state index contributed by atoms with van der Waals surface area (Å²) in [6.45, 7) is 1.69. The summed E-state index contributed by atoms with van der Waals surface area (Å²) in [5.74, 6) is 1.62. The van der Waals surface area contributed by atoms with Gasteiger partial charge in [0, 0.05) is 19.0 Å². The maximum Gasteiger partial charge on any atom is 0.123 e. The molecule has 2 aromatic carbocycles. The van der Waals surface area contributed by atoms with Gasteiger partial charge in [-0.3, -0.25) is 0 Å². The molecular formula is C16H19NO2. The summed E-state index contributed by atoms with van der Waals surface area (Å²) < 4.78 is 11.2. The van der Waals surface area contributed by atoms with Crippen LogP contribution in [-0.4, -0.2) is 19.8 Å². The molecule has 0 unspecified atom stereocenters. The maximum absolute atomic E-state index is 5.72. The fourth-order valence-corrected chi connectivity index (χ4v) is 1.76. The normalized spacial score (nSPS) is 10.2. The van der Waals surface area contributed by atoms with E-state index >= 15 is 0 Å². The molecular weight excluding hydrogens is 238 g/mol. The zero-order valence-electron chi connectivity index (χ0n) is 10.9. The first-order chi connectivity index (χ1) is 9.38. The standard InChI is InChI=1S/C16H19NO2/c17-10-12-19-16-8-4-7-15(13-16)18-11-9-14-5-2-1-3-6-14/h1-8,13H,9-12,17H2. The van der Waals surface area contributed by atoms with Crippen LogP contribution in [0, 0.1) is 0 Å². The lowest BCUT2D eigenvalue weighted by atomic mass is 10.2. The van der Waals surface area contributed by atoms with Gasteiger partial charge in [0.05, 0.1) is 6.61 Å². The van der Waals surface area contributed by atoms with Crippen LogP contribution in [-0.2, 0) is 6.42 Å². The summed E-state index contributed by atoms with van der Waals surface area (Å²) in [5.41, 5.74) is 6.68. The third-order valence-electron chi connectivity index (χ3n) is 2.69. The Morgan fingerprint density at radius 1 is 0.789 bits per heavy atom. The summed E-state index contributed by atoms with van der Waals surface area (Å²) in [4.78, 5) is 0. The van der Waals surface area contributed by atoms with E-state index in [1.165, 1.54) is 5.56 Å². The molecule has 0 aromatic heterocycles. The van der Waals surface area contributed by atoms with Crippen LogP contribution in [0.3, 0.4) is 0 Å². The van der Waals surface area contributed by atoms with Gasteiger partial charge < -0.3 is 15.2 Å². The lowest BCUT2D eigenvalue weighted by molar-refractivity contribution is 0.308.